The summed E-state index contributed by atoms with van der Waals surface area (Å²) in [5, 5.41) is 3.15. The highest BCUT2D eigenvalue weighted by Gasteiger charge is 1.97. The monoisotopic (exact) mass is 229 g/mol. The third kappa shape index (κ3) is 2.80. The van der Waals surface area contributed by atoms with E-state index < -0.39 is 0 Å². The Morgan fingerprint density at radius 1 is 0.938 bits per heavy atom. The molecule has 0 radical (unpaired) electrons. The van der Waals surface area contributed by atoms with E-state index in [2.05, 4.69) is 60.8 Å². The number of hydrogen-bond acceptors (Lipinski definition) is 2. The van der Waals surface area contributed by atoms with Crippen molar-refractivity contribution in [2.24, 2.45) is 0 Å². The first kappa shape index (κ1) is 11.1. The summed E-state index contributed by atoms with van der Waals surface area (Å²) in [6.45, 7) is 2.11. The Kier molecular flexibility index (Phi) is 3.52. The number of hydrogen-bond donors (Lipinski definition) is 1. The van der Waals surface area contributed by atoms with Crippen molar-refractivity contribution in [3.05, 3.63) is 54.1 Å². The van der Waals surface area contributed by atoms with E-state index in [4.69, 9.17) is 0 Å². The van der Waals surface area contributed by atoms with Gasteiger partial charge in [-0.05, 0) is 37.3 Å². The second kappa shape index (κ2) is 5.08. The molecule has 0 saturated heterocycles. The maximum absolute atomic E-state index is 3.15. The second-order valence-electron chi connectivity index (χ2n) is 3.69. The Balaban J connectivity index is 2.16. The number of nitrogens with one attached hydrogen (secondary N) is 1. The van der Waals surface area contributed by atoms with Crippen LogP contribution in [0.15, 0.2) is 58.3 Å². The molecule has 2 rings (SSSR count). The Bertz CT molecular complexity index is 462. The first-order valence-corrected chi connectivity index (χ1v) is 6.12. The first-order chi connectivity index (χ1) is 7.78. The molecular weight excluding hydrogens is 214 g/mol. The van der Waals surface area contributed by atoms with Gasteiger partial charge in [0, 0.05) is 22.5 Å². The molecule has 2 aromatic rings. The highest BCUT2D eigenvalue weighted by atomic mass is 32.2. The average Bonchev–Trinajstić information content (AvgIpc) is 2.32. The van der Waals surface area contributed by atoms with Crippen LogP contribution in [0.3, 0.4) is 0 Å². The molecule has 2 heteroatoms. The smallest absolute Gasteiger partial charge is 0.0348 e. The van der Waals surface area contributed by atoms with Gasteiger partial charge in [-0.1, -0.05) is 35.5 Å². The molecule has 1 N–H and O–H groups in total. The van der Waals surface area contributed by atoms with Crippen LogP contribution in [-0.2, 0) is 0 Å². The van der Waals surface area contributed by atoms with Gasteiger partial charge in [-0.2, -0.15) is 0 Å². The fourth-order valence-corrected chi connectivity index (χ4v) is 2.33. The highest BCUT2D eigenvalue weighted by molar-refractivity contribution is 7.99. The molecule has 0 saturated carbocycles. The lowest BCUT2D eigenvalue weighted by Gasteiger charge is -2.04. The minimum absolute atomic E-state index is 1.15. The summed E-state index contributed by atoms with van der Waals surface area (Å²) in [5.74, 6) is 0. The molecule has 16 heavy (non-hydrogen) atoms. The van der Waals surface area contributed by atoms with E-state index in [-0.39, 0.29) is 0 Å². The fourth-order valence-electron chi connectivity index (χ4n) is 1.46. The van der Waals surface area contributed by atoms with Crippen LogP contribution in [0, 0.1) is 6.92 Å². The highest BCUT2D eigenvalue weighted by Crippen LogP contribution is 2.29. The molecule has 0 aliphatic heterocycles. The quantitative estimate of drug-likeness (QED) is 0.847. The van der Waals surface area contributed by atoms with Crippen LogP contribution in [0.1, 0.15) is 5.56 Å². The SMILES string of the molecule is CNc1cccc(Sc2ccc(C)cc2)c1. The number of rotatable bonds is 3. The molecule has 0 amide bonds. The van der Waals surface area contributed by atoms with Crippen LogP contribution in [0.2, 0.25) is 0 Å². The molecule has 0 atom stereocenters. The summed E-state index contributed by atoms with van der Waals surface area (Å²) in [6, 6.07) is 17.0. The lowest BCUT2D eigenvalue weighted by atomic mass is 10.2. The molecule has 1 nitrogen and oxygen atoms in total. The van der Waals surface area contributed by atoms with E-state index in [1.54, 1.807) is 11.8 Å². The normalized spacial score (nSPS) is 10.1. The van der Waals surface area contributed by atoms with Gasteiger partial charge < -0.3 is 5.32 Å². The van der Waals surface area contributed by atoms with E-state index in [1.807, 2.05) is 7.05 Å². The summed E-state index contributed by atoms with van der Waals surface area (Å²) < 4.78 is 0. The van der Waals surface area contributed by atoms with Crippen molar-refractivity contribution in [3.8, 4) is 0 Å². The maximum atomic E-state index is 3.15. The van der Waals surface area contributed by atoms with Crippen LogP contribution in [0.25, 0.3) is 0 Å². The minimum atomic E-state index is 1.15. The van der Waals surface area contributed by atoms with Crippen molar-refractivity contribution < 1.29 is 0 Å². The molecule has 0 unspecified atom stereocenters. The van der Waals surface area contributed by atoms with Gasteiger partial charge in [0.25, 0.3) is 0 Å². The molecule has 0 heterocycles. The molecule has 82 valence electrons. The zero-order chi connectivity index (χ0) is 11.4. The lowest BCUT2D eigenvalue weighted by molar-refractivity contribution is 1.35. The first-order valence-electron chi connectivity index (χ1n) is 5.30. The van der Waals surface area contributed by atoms with Gasteiger partial charge in [-0.3, -0.25) is 0 Å². The van der Waals surface area contributed by atoms with E-state index in [9.17, 15) is 0 Å². The van der Waals surface area contributed by atoms with Crippen molar-refractivity contribution in [2.45, 2.75) is 16.7 Å². The van der Waals surface area contributed by atoms with Crippen molar-refractivity contribution in [1.82, 2.24) is 0 Å². The minimum Gasteiger partial charge on any atom is -0.388 e. The fraction of sp³-hybridized carbons (Fsp3) is 0.143. The van der Waals surface area contributed by atoms with Gasteiger partial charge in [0.2, 0.25) is 0 Å². The van der Waals surface area contributed by atoms with Gasteiger partial charge in [-0.15, -0.1) is 0 Å². The van der Waals surface area contributed by atoms with Crippen LogP contribution < -0.4 is 5.32 Å². The molecule has 0 aromatic heterocycles. The van der Waals surface area contributed by atoms with Crippen molar-refractivity contribution in [1.29, 1.82) is 0 Å². The van der Waals surface area contributed by atoms with Gasteiger partial charge in [0.15, 0.2) is 0 Å². The topological polar surface area (TPSA) is 12.0 Å². The van der Waals surface area contributed by atoms with Gasteiger partial charge in [-0.25, -0.2) is 0 Å². The zero-order valence-corrected chi connectivity index (χ0v) is 10.3. The number of aryl methyl sites for hydroxylation is 1. The maximum Gasteiger partial charge on any atom is 0.0348 e. The molecule has 0 bridgehead atoms. The van der Waals surface area contributed by atoms with Crippen LogP contribution in [-0.4, -0.2) is 7.05 Å². The predicted molar refractivity (Wildman–Crippen MR) is 71.3 cm³/mol. The summed E-state index contributed by atoms with van der Waals surface area (Å²) in [4.78, 5) is 2.54. The molecule has 2 aromatic carbocycles. The molecule has 0 aliphatic rings. The Morgan fingerprint density at radius 3 is 2.38 bits per heavy atom. The predicted octanol–water partition coefficient (Wildman–Crippen LogP) is 4.19. The summed E-state index contributed by atoms with van der Waals surface area (Å²) >= 11 is 1.79. The third-order valence-electron chi connectivity index (χ3n) is 2.38. The van der Waals surface area contributed by atoms with Crippen LogP contribution in [0.4, 0.5) is 5.69 Å². The summed E-state index contributed by atoms with van der Waals surface area (Å²) in [7, 11) is 1.94. The van der Waals surface area contributed by atoms with E-state index in [1.165, 1.54) is 15.4 Å². The summed E-state index contributed by atoms with van der Waals surface area (Å²) in [6.07, 6.45) is 0. The molecule has 0 aliphatic carbocycles. The van der Waals surface area contributed by atoms with E-state index in [0.29, 0.717) is 0 Å². The van der Waals surface area contributed by atoms with Crippen LogP contribution >= 0.6 is 11.8 Å². The summed E-state index contributed by atoms with van der Waals surface area (Å²) in [5.41, 5.74) is 2.45. The molecule has 0 fully saturated rings. The van der Waals surface area contributed by atoms with Crippen molar-refractivity contribution in [3.63, 3.8) is 0 Å². The standard InChI is InChI=1S/C14H15NS/c1-11-6-8-13(9-7-11)16-14-5-3-4-12(10-14)15-2/h3-10,15H,1-2H3. The van der Waals surface area contributed by atoms with Crippen LogP contribution in [0.5, 0.6) is 0 Å². The van der Waals surface area contributed by atoms with Crippen molar-refractivity contribution in [2.75, 3.05) is 12.4 Å². The van der Waals surface area contributed by atoms with Crippen molar-refractivity contribution >= 4 is 17.4 Å². The average molecular weight is 229 g/mol. The van der Waals surface area contributed by atoms with Gasteiger partial charge in [0.1, 0.15) is 0 Å². The van der Waals surface area contributed by atoms with E-state index >= 15 is 0 Å². The largest absolute Gasteiger partial charge is 0.388 e. The van der Waals surface area contributed by atoms with Gasteiger partial charge in [0.05, 0.1) is 0 Å². The molecular formula is C14H15NS. The lowest BCUT2D eigenvalue weighted by Crippen LogP contribution is -1.86. The Labute approximate surface area is 101 Å². The second-order valence-corrected chi connectivity index (χ2v) is 4.84. The Hall–Kier alpha value is -1.41. The van der Waals surface area contributed by atoms with Gasteiger partial charge >= 0.3 is 0 Å². The number of benzene rings is 2. The van der Waals surface area contributed by atoms with E-state index in [0.717, 1.165) is 5.69 Å². The zero-order valence-electron chi connectivity index (χ0n) is 9.53. The molecule has 0 spiro atoms. The number of anilines is 1. The third-order valence-corrected chi connectivity index (χ3v) is 3.38. The Morgan fingerprint density at radius 2 is 1.69 bits per heavy atom.